The molecule has 0 bridgehead atoms. The van der Waals surface area contributed by atoms with Crippen LogP contribution in [0.15, 0.2) is 72.8 Å². The van der Waals surface area contributed by atoms with E-state index in [4.69, 9.17) is 4.74 Å². The second-order valence-corrected chi connectivity index (χ2v) is 8.86. The van der Waals surface area contributed by atoms with Crippen molar-refractivity contribution in [1.29, 1.82) is 0 Å². The first kappa shape index (κ1) is 23.4. The van der Waals surface area contributed by atoms with Gasteiger partial charge in [-0.2, -0.15) is 0 Å². The number of halogens is 1. The van der Waals surface area contributed by atoms with Gasteiger partial charge < -0.3 is 14.7 Å². The van der Waals surface area contributed by atoms with Gasteiger partial charge in [0.25, 0.3) is 5.91 Å². The minimum Gasteiger partial charge on any atom is -0.478 e. The van der Waals surface area contributed by atoms with Crippen molar-refractivity contribution in [3.05, 3.63) is 95.3 Å². The average molecular weight is 463 g/mol. The first-order valence-corrected chi connectivity index (χ1v) is 11.1. The molecule has 0 fully saturated rings. The molecule has 6 nitrogen and oxygen atoms in total. The molecule has 0 atom stereocenters. The fourth-order valence-electron chi connectivity index (χ4n) is 4.11. The summed E-state index contributed by atoms with van der Waals surface area (Å²) >= 11 is 0. The second kappa shape index (κ2) is 9.65. The molecule has 1 aliphatic heterocycles. The number of carbonyl (C=O) groups excluding carboxylic acids is 1. The number of hydrogen-bond donors (Lipinski definition) is 1. The van der Waals surface area contributed by atoms with Crippen LogP contribution in [0.4, 0.5) is 10.1 Å². The predicted octanol–water partition coefficient (Wildman–Crippen LogP) is 4.73. The van der Waals surface area contributed by atoms with Crippen molar-refractivity contribution in [2.75, 3.05) is 18.0 Å². The Morgan fingerprint density at radius 1 is 1.00 bits per heavy atom. The van der Waals surface area contributed by atoms with Gasteiger partial charge in [0.05, 0.1) is 11.3 Å². The maximum Gasteiger partial charge on any atom is 0.338 e. The van der Waals surface area contributed by atoms with E-state index in [9.17, 15) is 19.1 Å². The van der Waals surface area contributed by atoms with Crippen LogP contribution in [0.25, 0.3) is 0 Å². The summed E-state index contributed by atoms with van der Waals surface area (Å²) in [5, 5.41) is 9.38. The highest BCUT2D eigenvalue weighted by molar-refractivity contribution is 6.03. The lowest BCUT2D eigenvalue weighted by Gasteiger charge is -2.39. The molecule has 0 radical (unpaired) electrons. The molecule has 0 saturated carbocycles. The van der Waals surface area contributed by atoms with Crippen molar-refractivity contribution in [3.8, 4) is 5.75 Å². The van der Waals surface area contributed by atoms with Crippen LogP contribution in [-0.2, 0) is 17.9 Å². The lowest BCUT2D eigenvalue weighted by molar-refractivity contribution is -0.132. The summed E-state index contributed by atoms with van der Waals surface area (Å²) in [5.74, 6) is -2.44. The topological polar surface area (TPSA) is 70.1 Å². The maximum absolute atomic E-state index is 14.3. The Labute approximate surface area is 198 Å². The van der Waals surface area contributed by atoms with Crippen molar-refractivity contribution in [2.45, 2.75) is 32.5 Å². The molecular formula is C27H27FN2O4. The summed E-state index contributed by atoms with van der Waals surface area (Å²) in [4.78, 5) is 28.5. The van der Waals surface area contributed by atoms with Crippen LogP contribution in [-0.4, -0.2) is 40.6 Å². The predicted molar refractivity (Wildman–Crippen MR) is 127 cm³/mol. The number of amides is 1. The number of rotatable bonds is 8. The van der Waals surface area contributed by atoms with E-state index in [1.165, 1.54) is 11.0 Å². The average Bonchev–Trinajstić information content (AvgIpc) is 2.80. The molecule has 1 aliphatic rings. The third-order valence-corrected chi connectivity index (χ3v) is 5.83. The molecule has 3 aromatic carbocycles. The van der Waals surface area contributed by atoms with E-state index in [0.29, 0.717) is 26.2 Å². The van der Waals surface area contributed by atoms with E-state index in [-0.39, 0.29) is 17.3 Å². The molecule has 0 saturated heterocycles. The van der Waals surface area contributed by atoms with Crippen LogP contribution < -0.4 is 9.64 Å². The summed E-state index contributed by atoms with van der Waals surface area (Å²) in [6.07, 6.45) is 0. The van der Waals surface area contributed by atoms with E-state index in [2.05, 4.69) is 29.2 Å². The third kappa shape index (κ3) is 5.10. The number of aromatic carboxylic acids is 1. The van der Waals surface area contributed by atoms with Crippen LogP contribution in [0.3, 0.4) is 0 Å². The van der Waals surface area contributed by atoms with Gasteiger partial charge in [0.1, 0.15) is 11.6 Å². The highest BCUT2D eigenvalue weighted by Gasteiger charge is 2.41. The van der Waals surface area contributed by atoms with Crippen LogP contribution in [0, 0.1) is 5.82 Å². The summed E-state index contributed by atoms with van der Waals surface area (Å²) in [7, 11) is 0. The fraction of sp³-hybridized carbons (Fsp3) is 0.259. The van der Waals surface area contributed by atoms with Crippen molar-refractivity contribution in [2.24, 2.45) is 0 Å². The van der Waals surface area contributed by atoms with E-state index in [0.717, 1.165) is 17.2 Å². The number of anilines is 1. The molecule has 3 aromatic rings. The molecule has 1 heterocycles. The number of ether oxygens (including phenoxy) is 1. The van der Waals surface area contributed by atoms with Gasteiger partial charge in [0, 0.05) is 32.2 Å². The van der Waals surface area contributed by atoms with E-state index in [1.54, 1.807) is 13.8 Å². The van der Waals surface area contributed by atoms with Gasteiger partial charge in [-0.3, -0.25) is 9.69 Å². The first-order chi connectivity index (χ1) is 16.2. The minimum atomic E-state index is -1.40. The highest BCUT2D eigenvalue weighted by atomic mass is 19.1. The Kier molecular flexibility index (Phi) is 6.65. The molecule has 0 spiro atoms. The van der Waals surface area contributed by atoms with Crippen LogP contribution in [0.1, 0.15) is 35.3 Å². The molecule has 0 aromatic heterocycles. The Morgan fingerprint density at radius 2 is 1.56 bits per heavy atom. The molecule has 176 valence electrons. The molecule has 0 aliphatic carbocycles. The molecule has 1 amide bonds. The fourth-order valence-corrected chi connectivity index (χ4v) is 4.11. The molecule has 34 heavy (non-hydrogen) atoms. The van der Waals surface area contributed by atoms with E-state index in [1.807, 2.05) is 36.4 Å². The molecule has 4 rings (SSSR count). The number of carboxylic acid groups (broad SMARTS) is 1. The summed E-state index contributed by atoms with van der Waals surface area (Å²) in [6, 6.07) is 22.3. The van der Waals surface area contributed by atoms with Gasteiger partial charge in [-0.15, -0.1) is 0 Å². The Morgan fingerprint density at radius 3 is 2.09 bits per heavy atom. The van der Waals surface area contributed by atoms with E-state index < -0.39 is 23.0 Å². The Balaban J connectivity index is 1.62. The van der Waals surface area contributed by atoms with Crippen LogP contribution in [0.5, 0.6) is 5.75 Å². The minimum absolute atomic E-state index is 0.157. The van der Waals surface area contributed by atoms with Crippen molar-refractivity contribution in [1.82, 2.24) is 4.90 Å². The number of carboxylic acids is 1. The Bertz CT molecular complexity index is 1140. The number of carbonyl (C=O) groups is 2. The largest absolute Gasteiger partial charge is 0.478 e. The number of fused-ring (bicyclic) bond motifs is 1. The van der Waals surface area contributed by atoms with Gasteiger partial charge in [0.2, 0.25) is 0 Å². The molecule has 0 unspecified atom stereocenters. The SMILES string of the molecule is CC1(C)Oc2cc(F)c(C(=O)O)cc2N(CCN(Cc2ccccc2)Cc2ccccc2)C1=O. The van der Waals surface area contributed by atoms with Gasteiger partial charge >= 0.3 is 5.97 Å². The van der Waals surface area contributed by atoms with E-state index >= 15 is 0 Å². The normalized spacial score (nSPS) is 14.6. The number of hydrogen-bond acceptors (Lipinski definition) is 4. The first-order valence-electron chi connectivity index (χ1n) is 11.1. The van der Waals surface area contributed by atoms with Crippen molar-refractivity contribution >= 4 is 17.6 Å². The number of benzene rings is 3. The summed E-state index contributed by atoms with van der Waals surface area (Å²) in [5.41, 5.74) is 0.853. The quantitative estimate of drug-likeness (QED) is 0.524. The molecule has 7 heteroatoms. The van der Waals surface area contributed by atoms with Crippen molar-refractivity contribution in [3.63, 3.8) is 0 Å². The maximum atomic E-state index is 14.3. The smallest absolute Gasteiger partial charge is 0.338 e. The van der Waals surface area contributed by atoms with Gasteiger partial charge in [0.15, 0.2) is 5.60 Å². The summed E-state index contributed by atoms with van der Waals surface area (Å²) in [6.45, 7) is 5.41. The lowest BCUT2D eigenvalue weighted by atomic mass is 10.0. The lowest BCUT2D eigenvalue weighted by Crippen LogP contribution is -2.54. The Hall–Kier alpha value is -3.71. The zero-order valence-corrected chi connectivity index (χ0v) is 19.2. The highest BCUT2D eigenvalue weighted by Crippen LogP contribution is 2.39. The third-order valence-electron chi connectivity index (χ3n) is 5.83. The monoisotopic (exact) mass is 462 g/mol. The zero-order valence-electron chi connectivity index (χ0n) is 19.2. The van der Waals surface area contributed by atoms with Crippen LogP contribution >= 0.6 is 0 Å². The van der Waals surface area contributed by atoms with Gasteiger partial charge in [-0.05, 0) is 31.0 Å². The molecular weight excluding hydrogens is 435 g/mol. The zero-order chi connectivity index (χ0) is 24.3. The van der Waals surface area contributed by atoms with Gasteiger partial charge in [-0.25, -0.2) is 9.18 Å². The molecule has 1 N–H and O–H groups in total. The number of nitrogens with zero attached hydrogens (tertiary/aromatic N) is 2. The van der Waals surface area contributed by atoms with Gasteiger partial charge in [-0.1, -0.05) is 60.7 Å². The standard InChI is InChI=1S/C27H27FN2O4/c1-27(2)26(33)30(23-15-21(25(31)32)22(28)16-24(23)34-27)14-13-29(17-19-9-5-3-6-10-19)18-20-11-7-4-8-12-20/h3-12,15-16H,13-14,17-18H2,1-2H3,(H,31,32). The van der Waals surface area contributed by atoms with Crippen molar-refractivity contribution < 1.29 is 23.8 Å². The second-order valence-electron chi connectivity index (χ2n) is 8.86. The summed E-state index contributed by atoms with van der Waals surface area (Å²) < 4.78 is 20.1. The van der Waals surface area contributed by atoms with Crippen LogP contribution in [0.2, 0.25) is 0 Å².